The fourth-order valence-electron chi connectivity index (χ4n) is 2.08. The fraction of sp³-hybridized carbons (Fsp3) is 0.385. The second-order valence-corrected chi connectivity index (χ2v) is 4.50. The lowest BCUT2D eigenvalue weighted by Gasteiger charge is -2.19. The number of H-pyrrole nitrogens is 1. The van der Waals surface area contributed by atoms with Gasteiger partial charge in [0.25, 0.3) is 0 Å². The molecule has 0 aliphatic heterocycles. The summed E-state index contributed by atoms with van der Waals surface area (Å²) in [4.78, 5) is 5.38. The molecule has 1 unspecified atom stereocenters. The maximum atomic E-state index is 8.92. The van der Waals surface area contributed by atoms with Gasteiger partial charge in [-0.05, 0) is 18.7 Å². The minimum Gasteiger partial charge on any atom is -0.395 e. The average Bonchev–Trinajstić information content (AvgIpc) is 2.72. The Balaban J connectivity index is 2.08. The van der Waals surface area contributed by atoms with E-state index >= 15 is 0 Å². The number of aromatic amines is 1. The van der Waals surface area contributed by atoms with Crippen LogP contribution in [0.4, 0.5) is 0 Å². The van der Waals surface area contributed by atoms with Crippen molar-refractivity contribution in [1.29, 1.82) is 0 Å². The summed E-state index contributed by atoms with van der Waals surface area (Å²) in [5.74, 6) is 0. The van der Waals surface area contributed by atoms with Gasteiger partial charge in [-0.25, -0.2) is 0 Å². The molecule has 0 saturated carbocycles. The number of fused-ring (bicyclic) bond motifs is 1. The molecule has 4 nitrogen and oxygen atoms in total. The monoisotopic (exact) mass is 233 g/mol. The third-order valence-corrected chi connectivity index (χ3v) is 2.90. The van der Waals surface area contributed by atoms with Crippen LogP contribution in [0.2, 0.25) is 0 Å². The molecule has 1 aromatic carbocycles. The van der Waals surface area contributed by atoms with Crippen molar-refractivity contribution in [2.24, 2.45) is 5.73 Å². The molecule has 0 radical (unpaired) electrons. The number of nitrogens with one attached hydrogen (secondary N) is 1. The maximum absolute atomic E-state index is 8.92. The van der Waals surface area contributed by atoms with Crippen molar-refractivity contribution >= 4 is 10.9 Å². The molecular formula is C13H19N3O. The van der Waals surface area contributed by atoms with Crippen LogP contribution in [0.3, 0.4) is 0 Å². The summed E-state index contributed by atoms with van der Waals surface area (Å²) >= 11 is 0. The van der Waals surface area contributed by atoms with Gasteiger partial charge in [0.05, 0.1) is 6.61 Å². The Bertz CT molecular complexity index is 480. The number of benzene rings is 1. The number of rotatable bonds is 5. The molecule has 0 aliphatic rings. The number of aliphatic hydroxyl groups is 1. The van der Waals surface area contributed by atoms with Gasteiger partial charge in [-0.1, -0.05) is 18.2 Å². The Kier molecular flexibility index (Phi) is 3.78. The van der Waals surface area contributed by atoms with Gasteiger partial charge in [0.2, 0.25) is 0 Å². The largest absolute Gasteiger partial charge is 0.395 e. The Morgan fingerprint density at radius 1 is 1.41 bits per heavy atom. The summed E-state index contributed by atoms with van der Waals surface area (Å²) in [6, 6.07) is 8.07. The summed E-state index contributed by atoms with van der Waals surface area (Å²) < 4.78 is 0. The van der Waals surface area contributed by atoms with Crippen LogP contribution in [0.1, 0.15) is 5.56 Å². The molecule has 0 spiro atoms. The smallest absolute Gasteiger partial charge is 0.0595 e. The number of nitrogens with zero attached hydrogens (tertiary/aromatic N) is 1. The molecule has 0 amide bonds. The van der Waals surface area contributed by atoms with Crippen molar-refractivity contribution in [3.8, 4) is 0 Å². The van der Waals surface area contributed by atoms with Crippen molar-refractivity contribution in [2.75, 3.05) is 20.2 Å². The van der Waals surface area contributed by atoms with Crippen LogP contribution in [0.25, 0.3) is 10.9 Å². The standard InChI is InChI=1S/C13H19N3O/c1-16(8-11(14)9-17)7-10-6-15-13-5-3-2-4-12(10)13/h2-6,11,15,17H,7-9,14H2,1H3. The molecule has 2 aromatic rings. The van der Waals surface area contributed by atoms with Crippen LogP contribution < -0.4 is 5.73 Å². The van der Waals surface area contributed by atoms with E-state index in [1.807, 2.05) is 25.4 Å². The van der Waals surface area contributed by atoms with Crippen LogP contribution in [-0.4, -0.2) is 41.2 Å². The molecule has 0 saturated heterocycles. The number of hydrogen-bond donors (Lipinski definition) is 3. The summed E-state index contributed by atoms with van der Waals surface area (Å²) in [7, 11) is 2.01. The van der Waals surface area contributed by atoms with Gasteiger partial charge >= 0.3 is 0 Å². The zero-order valence-electron chi connectivity index (χ0n) is 10.1. The van der Waals surface area contributed by atoms with Crippen LogP contribution >= 0.6 is 0 Å². The van der Waals surface area contributed by atoms with Crippen LogP contribution in [-0.2, 0) is 6.54 Å². The first-order chi connectivity index (χ1) is 8.20. The topological polar surface area (TPSA) is 65.3 Å². The van der Waals surface area contributed by atoms with Gasteiger partial charge in [0.1, 0.15) is 0 Å². The van der Waals surface area contributed by atoms with E-state index in [1.165, 1.54) is 10.9 Å². The normalized spacial score (nSPS) is 13.4. The zero-order valence-corrected chi connectivity index (χ0v) is 10.1. The number of para-hydroxylation sites is 1. The van der Waals surface area contributed by atoms with Crippen molar-refractivity contribution in [3.63, 3.8) is 0 Å². The molecular weight excluding hydrogens is 214 g/mol. The third kappa shape index (κ3) is 2.85. The first-order valence-electron chi connectivity index (χ1n) is 5.80. The maximum Gasteiger partial charge on any atom is 0.0595 e. The number of hydrogen-bond acceptors (Lipinski definition) is 3. The van der Waals surface area contributed by atoms with E-state index < -0.39 is 0 Å². The van der Waals surface area contributed by atoms with Gasteiger partial charge in [-0.3, -0.25) is 0 Å². The van der Waals surface area contributed by atoms with Crippen molar-refractivity contribution < 1.29 is 5.11 Å². The highest BCUT2D eigenvalue weighted by molar-refractivity contribution is 5.82. The Morgan fingerprint density at radius 3 is 2.94 bits per heavy atom. The van der Waals surface area contributed by atoms with Crippen molar-refractivity contribution in [3.05, 3.63) is 36.0 Å². The van der Waals surface area contributed by atoms with Crippen molar-refractivity contribution in [2.45, 2.75) is 12.6 Å². The van der Waals surface area contributed by atoms with Gasteiger partial charge < -0.3 is 20.7 Å². The third-order valence-electron chi connectivity index (χ3n) is 2.90. The molecule has 1 heterocycles. The summed E-state index contributed by atoms with van der Waals surface area (Å²) in [6.45, 7) is 1.55. The highest BCUT2D eigenvalue weighted by Crippen LogP contribution is 2.18. The van der Waals surface area contributed by atoms with Gasteiger partial charge in [0, 0.05) is 36.2 Å². The molecule has 1 aromatic heterocycles. The average molecular weight is 233 g/mol. The van der Waals surface area contributed by atoms with E-state index in [9.17, 15) is 0 Å². The summed E-state index contributed by atoms with van der Waals surface area (Å²) in [6.07, 6.45) is 2.03. The number of aliphatic hydroxyl groups excluding tert-OH is 1. The Hall–Kier alpha value is -1.36. The van der Waals surface area contributed by atoms with E-state index in [1.54, 1.807) is 0 Å². The number of likely N-dealkylation sites (N-methyl/N-ethyl adjacent to an activating group) is 1. The van der Waals surface area contributed by atoms with E-state index in [0.717, 1.165) is 12.1 Å². The minimum atomic E-state index is -0.176. The number of nitrogens with two attached hydrogens (primary N) is 1. The Labute approximate surface area is 101 Å². The highest BCUT2D eigenvalue weighted by atomic mass is 16.3. The molecule has 4 heteroatoms. The molecule has 1 atom stereocenters. The van der Waals surface area contributed by atoms with Crippen LogP contribution in [0.5, 0.6) is 0 Å². The first-order valence-corrected chi connectivity index (χ1v) is 5.80. The predicted octanol–water partition coefficient (Wildman–Crippen LogP) is 0.919. The molecule has 4 N–H and O–H groups in total. The molecule has 0 fully saturated rings. The lowest BCUT2D eigenvalue weighted by molar-refractivity contribution is 0.219. The zero-order chi connectivity index (χ0) is 12.3. The SMILES string of the molecule is CN(Cc1c[nH]c2ccccc12)CC(N)CO. The molecule has 0 bridgehead atoms. The number of aromatic nitrogens is 1. The predicted molar refractivity (Wildman–Crippen MR) is 69.7 cm³/mol. The van der Waals surface area contributed by atoms with Crippen molar-refractivity contribution in [1.82, 2.24) is 9.88 Å². The molecule has 92 valence electrons. The first kappa shape index (κ1) is 12.1. The quantitative estimate of drug-likeness (QED) is 0.719. The summed E-state index contributed by atoms with van der Waals surface area (Å²) in [5.41, 5.74) is 8.13. The second kappa shape index (κ2) is 5.31. The summed E-state index contributed by atoms with van der Waals surface area (Å²) in [5, 5.41) is 10.2. The molecule has 17 heavy (non-hydrogen) atoms. The van der Waals surface area contributed by atoms with Crippen LogP contribution in [0, 0.1) is 0 Å². The van der Waals surface area contributed by atoms with Crippen LogP contribution in [0.15, 0.2) is 30.5 Å². The second-order valence-electron chi connectivity index (χ2n) is 4.50. The minimum absolute atomic E-state index is 0.0260. The fourth-order valence-corrected chi connectivity index (χ4v) is 2.08. The lowest BCUT2D eigenvalue weighted by Crippen LogP contribution is -2.37. The van der Waals surface area contributed by atoms with E-state index in [0.29, 0.717) is 6.54 Å². The molecule has 2 rings (SSSR count). The van der Waals surface area contributed by atoms with E-state index in [-0.39, 0.29) is 12.6 Å². The van der Waals surface area contributed by atoms with Gasteiger partial charge in [0.15, 0.2) is 0 Å². The van der Waals surface area contributed by atoms with E-state index in [2.05, 4.69) is 22.0 Å². The van der Waals surface area contributed by atoms with Gasteiger partial charge in [-0.15, -0.1) is 0 Å². The Morgan fingerprint density at radius 2 is 2.18 bits per heavy atom. The van der Waals surface area contributed by atoms with E-state index in [4.69, 9.17) is 10.8 Å². The van der Waals surface area contributed by atoms with Gasteiger partial charge in [-0.2, -0.15) is 0 Å². The molecule has 0 aliphatic carbocycles. The lowest BCUT2D eigenvalue weighted by atomic mass is 10.1. The highest BCUT2D eigenvalue weighted by Gasteiger charge is 2.09.